The monoisotopic (exact) mass is 487 g/mol. The molecule has 0 spiro atoms. The van der Waals surface area contributed by atoms with Crippen molar-refractivity contribution in [2.75, 3.05) is 27.7 Å². The maximum absolute atomic E-state index is 13.1. The summed E-state index contributed by atoms with van der Waals surface area (Å²) in [5.41, 5.74) is -2.05. The molecule has 1 fully saturated rings. The molecule has 3 aliphatic heterocycles. The molecule has 2 N–H and O–H groups in total. The van der Waals surface area contributed by atoms with Crippen LogP contribution >= 0.6 is 0 Å². The number of carbonyl (C=O) groups is 3. The number of hydrogen-bond acceptors (Lipinski definition) is 7. The Labute approximate surface area is 200 Å². The molecule has 4 heterocycles. The molecule has 0 saturated carbocycles. The van der Waals surface area contributed by atoms with Gasteiger partial charge in [-0.15, -0.1) is 0 Å². The minimum absolute atomic E-state index is 0.00467. The number of likely N-dealkylation sites (N-methyl/N-ethyl adjacent to an activating group) is 2. The normalized spacial score (nSPS) is 20.5. The number of fused-ring (bicyclic) bond motifs is 2. The van der Waals surface area contributed by atoms with E-state index >= 15 is 0 Å². The molecule has 3 aliphatic rings. The quantitative estimate of drug-likeness (QED) is 0.578. The third-order valence-corrected chi connectivity index (χ3v) is 6.50. The number of rotatable bonds is 4. The van der Waals surface area contributed by atoms with Crippen LogP contribution in [0.3, 0.4) is 0 Å². The van der Waals surface area contributed by atoms with Crippen molar-refractivity contribution in [3.05, 3.63) is 57.5 Å². The van der Waals surface area contributed by atoms with Gasteiger partial charge in [-0.2, -0.15) is 0 Å². The molecule has 2 atom stereocenters. The Bertz CT molecular complexity index is 1230. The zero-order valence-corrected chi connectivity index (χ0v) is 19.6. The summed E-state index contributed by atoms with van der Waals surface area (Å²) < 4.78 is 20.2. The summed E-state index contributed by atoms with van der Waals surface area (Å²) in [5.74, 6) is -3.60. The van der Waals surface area contributed by atoms with Gasteiger partial charge in [0.1, 0.15) is 17.2 Å². The third kappa shape index (κ3) is 4.25. The number of carbonyl (C=O) groups excluding carboxylic acids is 3. The van der Waals surface area contributed by atoms with Crippen molar-refractivity contribution >= 4 is 17.7 Å². The zero-order valence-electron chi connectivity index (χ0n) is 19.6. The van der Waals surface area contributed by atoms with Crippen molar-refractivity contribution in [1.82, 2.24) is 24.7 Å². The minimum Gasteiger partial charge on any atom is -0.501 e. The highest BCUT2D eigenvalue weighted by Crippen LogP contribution is 2.40. The van der Waals surface area contributed by atoms with Crippen LogP contribution in [0.5, 0.6) is 5.75 Å². The fourth-order valence-corrected chi connectivity index (χ4v) is 4.37. The van der Waals surface area contributed by atoms with Crippen molar-refractivity contribution in [1.29, 1.82) is 0 Å². The highest BCUT2D eigenvalue weighted by molar-refractivity contribution is 6.34. The molecule has 11 nitrogen and oxygen atoms in total. The van der Waals surface area contributed by atoms with Gasteiger partial charge in [-0.05, 0) is 30.5 Å². The van der Waals surface area contributed by atoms with Gasteiger partial charge in [-0.1, -0.05) is 12.1 Å². The molecule has 3 amide bonds. The molecule has 186 valence electrons. The summed E-state index contributed by atoms with van der Waals surface area (Å²) in [6.45, 7) is 0.0524. The lowest BCUT2D eigenvalue weighted by atomic mass is 9.88. The van der Waals surface area contributed by atoms with Gasteiger partial charge >= 0.3 is 11.8 Å². The summed E-state index contributed by atoms with van der Waals surface area (Å²) >= 11 is 0. The molecule has 2 unspecified atom stereocenters. The number of nitrogens with one attached hydrogen (secondary N) is 1. The van der Waals surface area contributed by atoms with Crippen molar-refractivity contribution in [3.8, 4) is 5.75 Å². The number of ether oxygens (including phenoxy) is 1. The van der Waals surface area contributed by atoms with Crippen LogP contribution in [-0.4, -0.2) is 76.0 Å². The Morgan fingerprint density at radius 3 is 2.51 bits per heavy atom. The number of aromatic hydroxyl groups is 1. The Hall–Kier alpha value is -3.80. The van der Waals surface area contributed by atoms with Crippen LogP contribution in [-0.2, 0) is 33.0 Å². The number of amides is 3. The van der Waals surface area contributed by atoms with Crippen LogP contribution in [0.1, 0.15) is 34.7 Å². The van der Waals surface area contributed by atoms with Crippen LogP contribution < -0.4 is 10.9 Å². The lowest BCUT2D eigenvalue weighted by Gasteiger charge is -2.43. The van der Waals surface area contributed by atoms with E-state index < -0.39 is 46.1 Å². The van der Waals surface area contributed by atoms with E-state index in [9.17, 15) is 28.7 Å². The van der Waals surface area contributed by atoms with E-state index in [2.05, 4.69) is 10.3 Å². The van der Waals surface area contributed by atoms with Crippen molar-refractivity contribution in [2.24, 2.45) is 0 Å². The van der Waals surface area contributed by atoms with Crippen LogP contribution in [0.2, 0.25) is 0 Å². The Morgan fingerprint density at radius 2 is 1.91 bits per heavy atom. The standard InChI is InChI=1S/C23H26FN5O6/c1-27(2)20(33)21(34)28(3)23-9-8-15(35-12-23)11-29-19(32)17(30)16(26-22(23)29)18(31)25-10-13-4-6-14(24)7-5-13/h4-7,15,30H,8-12H2,1-3H3,(H,25,31). The number of aromatic nitrogens is 2. The number of benzene rings is 1. The molecular weight excluding hydrogens is 461 g/mol. The molecule has 1 saturated heterocycles. The Kier molecular flexibility index (Phi) is 6.32. The van der Waals surface area contributed by atoms with E-state index in [1.165, 1.54) is 54.9 Å². The van der Waals surface area contributed by atoms with Crippen LogP contribution in [0.25, 0.3) is 0 Å². The molecule has 2 bridgehead atoms. The highest BCUT2D eigenvalue weighted by atomic mass is 19.1. The lowest BCUT2D eigenvalue weighted by molar-refractivity contribution is -0.159. The predicted octanol–water partition coefficient (Wildman–Crippen LogP) is -0.0475. The predicted molar refractivity (Wildman–Crippen MR) is 120 cm³/mol. The molecule has 0 aliphatic carbocycles. The van der Waals surface area contributed by atoms with Crippen LogP contribution in [0.15, 0.2) is 29.1 Å². The number of hydrogen-bond donors (Lipinski definition) is 2. The Morgan fingerprint density at radius 1 is 1.23 bits per heavy atom. The van der Waals surface area contributed by atoms with Gasteiger partial charge in [0.25, 0.3) is 11.5 Å². The third-order valence-electron chi connectivity index (χ3n) is 6.50. The van der Waals surface area contributed by atoms with Gasteiger partial charge in [0.05, 0.1) is 19.3 Å². The van der Waals surface area contributed by atoms with E-state index in [0.717, 1.165) is 4.90 Å². The average Bonchev–Trinajstić information content (AvgIpc) is 3.11. The first-order valence-corrected chi connectivity index (χ1v) is 11.0. The summed E-state index contributed by atoms with van der Waals surface area (Å²) in [5, 5.41) is 13.1. The van der Waals surface area contributed by atoms with Gasteiger partial charge in [0, 0.05) is 27.7 Å². The molecule has 1 aromatic heterocycles. The summed E-state index contributed by atoms with van der Waals surface area (Å²) in [7, 11) is 4.32. The number of nitrogens with zero attached hydrogens (tertiary/aromatic N) is 4. The van der Waals surface area contributed by atoms with Gasteiger partial charge in [-0.3, -0.25) is 23.7 Å². The number of halogens is 1. The average molecular weight is 487 g/mol. The van der Waals surface area contributed by atoms with E-state index in [1.54, 1.807) is 0 Å². The fraction of sp³-hybridized carbons (Fsp3) is 0.435. The minimum atomic E-state index is -1.30. The lowest BCUT2D eigenvalue weighted by Crippen LogP contribution is -2.57. The van der Waals surface area contributed by atoms with Gasteiger partial charge in [0.2, 0.25) is 5.75 Å². The molecule has 5 rings (SSSR count). The van der Waals surface area contributed by atoms with Crippen LogP contribution in [0.4, 0.5) is 4.39 Å². The topological polar surface area (TPSA) is 134 Å². The summed E-state index contributed by atoms with van der Waals surface area (Å²) in [4.78, 5) is 58.1. The molecule has 12 heteroatoms. The van der Waals surface area contributed by atoms with E-state index in [0.29, 0.717) is 18.4 Å². The molecule has 35 heavy (non-hydrogen) atoms. The molecule has 1 aromatic carbocycles. The molecular formula is C23H26FN5O6. The first-order valence-electron chi connectivity index (χ1n) is 11.0. The first-order chi connectivity index (χ1) is 16.5. The second kappa shape index (κ2) is 9.10. The second-order valence-electron chi connectivity index (χ2n) is 8.92. The van der Waals surface area contributed by atoms with E-state index in [4.69, 9.17) is 4.74 Å². The Balaban J connectivity index is 1.74. The van der Waals surface area contributed by atoms with E-state index in [1.807, 2.05) is 0 Å². The van der Waals surface area contributed by atoms with Gasteiger partial charge in [0.15, 0.2) is 5.69 Å². The first kappa shape index (κ1) is 24.3. The summed E-state index contributed by atoms with van der Waals surface area (Å²) in [6.07, 6.45) is 0.465. The smallest absolute Gasteiger partial charge is 0.312 e. The zero-order chi connectivity index (χ0) is 25.5. The van der Waals surface area contributed by atoms with Gasteiger partial charge < -0.3 is 25.0 Å². The van der Waals surface area contributed by atoms with E-state index in [-0.39, 0.29) is 31.6 Å². The maximum Gasteiger partial charge on any atom is 0.312 e. The summed E-state index contributed by atoms with van der Waals surface area (Å²) in [6, 6.07) is 5.46. The van der Waals surface area contributed by atoms with Crippen molar-refractivity contribution < 1.29 is 28.6 Å². The molecule has 2 aromatic rings. The maximum atomic E-state index is 13.1. The van der Waals surface area contributed by atoms with Crippen molar-refractivity contribution in [3.63, 3.8) is 0 Å². The van der Waals surface area contributed by atoms with Gasteiger partial charge in [-0.25, -0.2) is 9.37 Å². The molecule has 0 radical (unpaired) electrons. The highest BCUT2D eigenvalue weighted by Gasteiger charge is 2.51. The van der Waals surface area contributed by atoms with Crippen molar-refractivity contribution in [2.45, 2.75) is 37.6 Å². The second-order valence-corrected chi connectivity index (χ2v) is 8.92. The largest absolute Gasteiger partial charge is 0.501 e. The fourth-order valence-electron chi connectivity index (χ4n) is 4.37. The SMILES string of the molecule is CN(C)C(=O)C(=O)N(C)C12CCC(Cn3c1nc(C(=O)NCc1ccc(F)cc1)c(O)c3=O)OC2. The van der Waals surface area contributed by atoms with Crippen LogP contribution in [0, 0.1) is 5.82 Å².